The third-order valence-corrected chi connectivity index (χ3v) is 2.98. The molecule has 1 aromatic rings. The second-order valence-corrected chi connectivity index (χ2v) is 4.56. The number of nitriles is 1. The molecular formula is C13H17FN4OS. The van der Waals surface area contributed by atoms with Crippen molar-refractivity contribution in [1.29, 1.82) is 5.26 Å². The molecule has 20 heavy (non-hydrogen) atoms. The summed E-state index contributed by atoms with van der Waals surface area (Å²) in [6, 6.07) is 4.64. The van der Waals surface area contributed by atoms with Crippen LogP contribution in [0, 0.1) is 17.3 Å². The lowest BCUT2D eigenvalue weighted by molar-refractivity contribution is 0.197. The molecule has 1 aromatic carbocycles. The van der Waals surface area contributed by atoms with Crippen molar-refractivity contribution in [3.8, 4) is 6.19 Å². The van der Waals surface area contributed by atoms with Gasteiger partial charge in [0.1, 0.15) is 5.82 Å². The van der Waals surface area contributed by atoms with Gasteiger partial charge in [-0.2, -0.15) is 5.26 Å². The summed E-state index contributed by atoms with van der Waals surface area (Å²) in [6.45, 7) is 1.18. The summed E-state index contributed by atoms with van der Waals surface area (Å²) in [4.78, 5) is 4.24. The number of nitrogens with zero attached hydrogens (tertiary/aromatic N) is 2. The number of thioether (sulfide) groups is 1. The molecular weight excluding hydrogens is 279 g/mol. The van der Waals surface area contributed by atoms with Crippen LogP contribution >= 0.6 is 11.8 Å². The van der Waals surface area contributed by atoms with E-state index in [2.05, 4.69) is 15.6 Å². The van der Waals surface area contributed by atoms with Crippen molar-refractivity contribution in [3.05, 3.63) is 24.0 Å². The van der Waals surface area contributed by atoms with Gasteiger partial charge in [0.05, 0.1) is 11.4 Å². The average molecular weight is 296 g/mol. The van der Waals surface area contributed by atoms with Crippen molar-refractivity contribution in [2.24, 2.45) is 4.99 Å². The number of amidine groups is 1. The van der Waals surface area contributed by atoms with E-state index in [1.165, 1.54) is 17.8 Å². The molecule has 2 N–H and O–H groups in total. The quantitative estimate of drug-likeness (QED) is 0.278. The predicted molar refractivity (Wildman–Crippen MR) is 80.7 cm³/mol. The van der Waals surface area contributed by atoms with Crippen molar-refractivity contribution in [2.45, 2.75) is 6.42 Å². The molecule has 0 saturated carbocycles. The number of benzene rings is 1. The Hall–Kier alpha value is -1.78. The number of halogens is 1. The van der Waals surface area contributed by atoms with Gasteiger partial charge in [0.15, 0.2) is 11.4 Å². The van der Waals surface area contributed by atoms with Gasteiger partial charge >= 0.3 is 0 Å². The Balaban J connectivity index is 2.90. The second-order valence-electron chi connectivity index (χ2n) is 3.76. The molecule has 0 saturated heterocycles. The molecule has 0 aromatic heterocycles. The van der Waals surface area contributed by atoms with Crippen LogP contribution in [0.2, 0.25) is 0 Å². The third-order valence-electron chi connectivity index (χ3n) is 2.40. The topological polar surface area (TPSA) is 69.4 Å². The van der Waals surface area contributed by atoms with Gasteiger partial charge in [-0.15, -0.1) is 0 Å². The number of para-hydroxylation sites is 1. The van der Waals surface area contributed by atoms with Crippen molar-refractivity contribution < 1.29 is 9.13 Å². The Kier molecular flexibility index (Phi) is 7.47. The normalized spacial score (nSPS) is 11.0. The summed E-state index contributed by atoms with van der Waals surface area (Å²) in [5, 5.41) is 14.5. The molecule has 0 aliphatic heterocycles. The Morgan fingerprint density at radius 1 is 1.55 bits per heavy atom. The second kappa shape index (κ2) is 9.18. The van der Waals surface area contributed by atoms with Crippen LogP contribution < -0.4 is 10.6 Å². The van der Waals surface area contributed by atoms with Gasteiger partial charge in [0.25, 0.3) is 0 Å². The molecule has 0 spiro atoms. The summed E-state index contributed by atoms with van der Waals surface area (Å²) in [5.41, 5.74) is 0.782. The number of anilines is 1. The van der Waals surface area contributed by atoms with E-state index in [4.69, 9.17) is 10.00 Å². The third kappa shape index (κ3) is 5.07. The summed E-state index contributed by atoms with van der Waals surface area (Å²) in [6.07, 6.45) is 4.35. The largest absolute Gasteiger partial charge is 0.385 e. The molecule has 0 aliphatic carbocycles. The smallest absolute Gasteiger partial charge is 0.183 e. The average Bonchev–Trinajstić information content (AvgIpc) is 2.45. The highest BCUT2D eigenvalue weighted by molar-refractivity contribution is 8.13. The van der Waals surface area contributed by atoms with Crippen LogP contribution in [0.25, 0.3) is 0 Å². The zero-order valence-corrected chi connectivity index (χ0v) is 12.3. The zero-order chi connectivity index (χ0) is 14.8. The predicted octanol–water partition coefficient (Wildman–Crippen LogP) is 2.70. The van der Waals surface area contributed by atoms with Crippen LogP contribution in [-0.2, 0) is 4.74 Å². The maximum absolute atomic E-state index is 13.8. The Morgan fingerprint density at radius 2 is 2.35 bits per heavy atom. The number of hydrogen-bond donors (Lipinski definition) is 2. The van der Waals surface area contributed by atoms with E-state index < -0.39 is 0 Å². The van der Waals surface area contributed by atoms with E-state index in [1.807, 2.05) is 0 Å². The molecule has 1 rings (SSSR count). The zero-order valence-electron chi connectivity index (χ0n) is 11.4. The summed E-state index contributed by atoms with van der Waals surface area (Å²) >= 11 is 1.28. The molecule has 0 heterocycles. The van der Waals surface area contributed by atoms with Crippen LogP contribution in [0.5, 0.6) is 0 Å². The number of hydrogen-bond acceptors (Lipinski definition) is 5. The first-order valence-electron chi connectivity index (χ1n) is 6.02. The van der Waals surface area contributed by atoms with Gasteiger partial charge in [-0.1, -0.05) is 17.8 Å². The maximum atomic E-state index is 13.8. The minimum absolute atomic E-state index is 0.329. The highest BCUT2D eigenvalue weighted by Gasteiger charge is 2.08. The number of ether oxygens (including phenoxy) is 1. The molecule has 0 bridgehead atoms. The molecule has 0 fully saturated rings. The summed E-state index contributed by atoms with van der Waals surface area (Å²) in [7, 11) is 1.62. The van der Waals surface area contributed by atoms with E-state index >= 15 is 0 Å². The van der Waals surface area contributed by atoms with Crippen LogP contribution in [-0.4, -0.2) is 31.7 Å². The van der Waals surface area contributed by atoms with Crippen LogP contribution in [0.15, 0.2) is 23.2 Å². The number of rotatable bonds is 6. The molecule has 0 unspecified atom stereocenters. The first-order chi connectivity index (χ1) is 9.72. The lowest BCUT2D eigenvalue weighted by Gasteiger charge is -2.11. The maximum Gasteiger partial charge on any atom is 0.183 e. The van der Waals surface area contributed by atoms with Gasteiger partial charge in [0, 0.05) is 20.3 Å². The van der Waals surface area contributed by atoms with E-state index in [0.29, 0.717) is 29.7 Å². The van der Waals surface area contributed by atoms with E-state index in [1.54, 1.807) is 31.7 Å². The fraction of sp³-hybridized carbons (Fsp3) is 0.385. The minimum atomic E-state index is -0.374. The lowest BCUT2D eigenvalue weighted by atomic mass is 10.2. The first-order valence-corrected chi connectivity index (χ1v) is 7.24. The Morgan fingerprint density at radius 3 is 3.00 bits per heavy atom. The van der Waals surface area contributed by atoms with Gasteiger partial charge < -0.3 is 10.1 Å². The number of aliphatic imine (C=N–C) groups is 1. The highest BCUT2D eigenvalue weighted by Crippen LogP contribution is 2.28. The molecule has 0 amide bonds. The lowest BCUT2D eigenvalue weighted by Crippen LogP contribution is -2.13. The monoisotopic (exact) mass is 296 g/mol. The molecule has 0 aliphatic rings. The van der Waals surface area contributed by atoms with Gasteiger partial charge in [-0.3, -0.25) is 5.32 Å². The van der Waals surface area contributed by atoms with E-state index in [-0.39, 0.29) is 5.82 Å². The van der Waals surface area contributed by atoms with E-state index in [9.17, 15) is 4.39 Å². The first kappa shape index (κ1) is 16.3. The van der Waals surface area contributed by atoms with Crippen molar-refractivity contribution >= 4 is 28.3 Å². The minimum Gasteiger partial charge on any atom is -0.385 e. The summed E-state index contributed by atoms with van der Waals surface area (Å²) < 4.78 is 18.8. The van der Waals surface area contributed by atoms with Crippen molar-refractivity contribution in [3.63, 3.8) is 0 Å². The SMILES string of the molecule is COCCCNc1c(F)cccc1N=C(NC#N)SC. The van der Waals surface area contributed by atoms with Crippen LogP contribution in [0.1, 0.15) is 6.42 Å². The van der Waals surface area contributed by atoms with Gasteiger partial charge in [-0.05, 0) is 24.8 Å². The molecule has 5 nitrogen and oxygen atoms in total. The van der Waals surface area contributed by atoms with E-state index in [0.717, 1.165) is 6.42 Å². The molecule has 0 radical (unpaired) electrons. The van der Waals surface area contributed by atoms with Gasteiger partial charge in [0.2, 0.25) is 0 Å². The number of methoxy groups -OCH3 is 1. The molecule has 0 atom stereocenters. The molecule has 108 valence electrons. The van der Waals surface area contributed by atoms with Crippen LogP contribution in [0.3, 0.4) is 0 Å². The Labute approximate surface area is 122 Å². The standard InChI is InChI=1S/C13H17FN4OS/c1-19-8-4-7-16-12-10(14)5-3-6-11(12)18-13(20-2)17-9-15/h3,5-6,16H,4,7-8H2,1-2H3,(H,17,18). The highest BCUT2D eigenvalue weighted by atomic mass is 32.2. The fourth-order valence-electron chi connectivity index (χ4n) is 1.49. The Bertz CT molecular complexity index is 502. The fourth-order valence-corrected chi connectivity index (χ4v) is 1.83. The van der Waals surface area contributed by atoms with Crippen molar-refractivity contribution in [2.75, 3.05) is 31.8 Å². The number of nitrogens with one attached hydrogen (secondary N) is 2. The van der Waals surface area contributed by atoms with Crippen molar-refractivity contribution in [1.82, 2.24) is 5.32 Å². The van der Waals surface area contributed by atoms with Gasteiger partial charge in [-0.25, -0.2) is 9.38 Å². The molecule has 7 heteroatoms. The van der Waals surface area contributed by atoms with Crippen LogP contribution in [0.4, 0.5) is 15.8 Å². The summed E-state index contributed by atoms with van der Waals surface area (Å²) in [5.74, 6) is -0.374.